The molecule has 21 heavy (non-hydrogen) atoms. The van der Waals surface area contributed by atoms with E-state index in [0.29, 0.717) is 41.2 Å². The van der Waals surface area contributed by atoms with Gasteiger partial charge in [0.2, 0.25) is 0 Å². The minimum Gasteiger partial charge on any atom is -0.486 e. The summed E-state index contributed by atoms with van der Waals surface area (Å²) < 4.78 is 24.7. The Morgan fingerprint density at radius 3 is 2.81 bits per heavy atom. The van der Waals surface area contributed by atoms with Crippen molar-refractivity contribution in [3.8, 4) is 11.5 Å². The third kappa shape index (κ3) is 3.04. The van der Waals surface area contributed by atoms with Crippen LogP contribution in [-0.4, -0.2) is 18.3 Å². The zero-order valence-corrected chi connectivity index (χ0v) is 12.8. The van der Waals surface area contributed by atoms with Crippen molar-refractivity contribution < 1.29 is 19.0 Å². The molecule has 0 aliphatic carbocycles. The van der Waals surface area contributed by atoms with Gasteiger partial charge in [0, 0.05) is 12.0 Å². The van der Waals surface area contributed by atoms with Gasteiger partial charge >= 0.3 is 0 Å². The molecule has 1 heterocycles. The summed E-state index contributed by atoms with van der Waals surface area (Å²) in [6.07, 6.45) is -0.363. The number of hydrogen-bond donors (Lipinski definition) is 1. The summed E-state index contributed by atoms with van der Waals surface area (Å²) in [6, 6.07) is 10.2. The highest BCUT2D eigenvalue weighted by molar-refractivity contribution is 9.10. The third-order valence-corrected chi connectivity index (χ3v) is 3.98. The van der Waals surface area contributed by atoms with E-state index in [4.69, 9.17) is 9.47 Å². The van der Waals surface area contributed by atoms with Crippen LogP contribution in [0.4, 0.5) is 4.39 Å². The molecular weight excluding hydrogens is 339 g/mol. The molecule has 5 heteroatoms. The number of hydrogen-bond acceptors (Lipinski definition) is 3. The molecule has 1 aliphatic rings. The monoisotopic (exact) mass is 352 g/mol. The molecule has 0 aromatic heterocycles. The first kappa shape index (κ1) is 14.4. The normalized spacial score (nSPS) is 14.8. The summed E-state index contributed by atoms with van der Waals surface area (Å²) in [5.74, 6) is 0.928. The summed E-state index contributed by atoms with van der Waals surface area (Å²) in [6.45, 7) is 0.982. The van der Waals surface area contributed by atoms with E-state index in [0.717, 1.165) is 5.56 Å². The van der Waals surface area contributed by atoms with Crippen molar-refractivity contribution in [1.29, 1.82) is 0 Å². The maximum absolute atomic E-state index is 13.2. The number of para-hydroxylation sites is 1. The topological polar surface area (TPSA) is 38.7 Å². The Morgan fingerprint density at radius 1 is 1.19 bits per heavy atom. The van der Waals surface area contributed by atoms with Gasteiger partial charge in [0.1, 0.15) is 19.0 Å². The van der Waals surface area contributed by atoms with Gasteiger partial charge in [-0.15, -0.1) is 0 Å². The predicted octanol–water partition coefficient (Wildman–Crippen LogP) is 3.64. The standard InChI is InChI=1S/C16H14BrFO3/c17-12-8-10(4-5-13(12)18)9-14(19)11-2-1-3-15-16(11)21-7-6-20-15/h1-5,8,14,19H,6-7,9H2. The first-order chi connectivity index (χ1) is 10.1. The van der Waals surface area contributed by atoms with Crippen LogP contribution in [0.25, 0.3) is 0 Å². The first-order valence-corrected chi connectivity index (χ1v) is 7.45. The van der Waals surface area contributed by atoms with E-state index in [1.807, 2.05) is 18.2 Å². The zero-order chi connectivity index (χ0) is 14.8. The second kappa shape index (κ2) is 6.03. The average Bonchev–Trinajstić information content (AvgIpc) is 2.50. The zero-order valence-electron chi connectivity index (χ0n) is 11.2. The van der Waals surface area contributed by atoms with Crippen molar-refractivity contribution in [2.75, 3.05) is 13.2 Å². The highest BCUT2D eigenvalue weighted by atomic mass is 79.9. The number of aliphatic hydroxyl groups is 1. The van der Waals surface area contributed by atoms with Crippen molar-refractivity contribution in [2.24, 2.45) is 0 Å². The van der Waals surface area contributed by atoms with Crippen molar-refractivity contribution in [2.45, 2.75) is 12.5 Å². The average molecular weight is 353 g/mol. The molecule has 3 nitrogen and oxygen atoms in total. The van der Waals surface area contributed by atoms with Gasteiger partial charge in [0.15, 0.2) is 11.5 Å². The van der Waals surface area contributed by atoms with Crippen molar-refractivity contribution >= 4 is 15.9 Å². The van der Waals surface area contributed by atoms with Gasteiger partial charge in [-0.25, -0.2) is 4.39 Å². The number of aliphatic hydroxyl groups excluding tert-OH is 1. The van der Waals surface area contributed by atoms with Crippen molar-refractivity contribution in [1.82, 2.24) is 0 Å². The largest absolute Gasteiger partial charge is 0.486 e. The van der Waals surface area contributed by atoms with E-state index in [2.05, 4.69) is 15.9 Å². The van der Waals surface area contributed by atoms with Gasteiger partial charge in [0.25, 0.3) is 0 Å². The maximum Gasteiger partial charge on any atom is 0.167 e. The molecule has 2 aromatic carbocycles. The molecule has 0 radical (unpaired) electrons. The number of ether oxygens (including phenoxy) is 2. The first-order valence-electron chi connectivity index (χ1n) is 6.65. The molecule has 2 aromatic rings. The van der Waals surface area contributed by atoms with Gasteiger partial charge in [-0.3, -0.25) is 0 Å². The summed E-state index contributed by atoms with van der Waals surface area (Å²) in [5.41, 5.74) is 1.53. The van der Waals surface area contributed by atoms with Gasteiger partial charge in [-0.2, -0.15) is 0 Å². The number of fused-ring (bicyclic) bond motifs is 1. The Bertz CT molecular complexity index is 660. The predicted molar refractivity (Wildman–Crippen MR) is 80.2 cm³/mol. The smallest absolute Gasteiger partial charge is 0.167 e. The summed E-state index contributed by atoms with van der Waals surface area (Å²) in [7, 11) is 0. The minimum absolute atomic E-state index is 0.318. The van der Waals surface area contributed by atoms with E-state index in [-0.39, 0.29) is 5.82 Å². The van der Waals surface area contributed by atoms with Crippen LogP contribution >= 0.6 is 15.9 Å². The van der Waals surface area contributed by atoms with Gasteiger partial charge in [-0.05, 0) is 39.7 Å². The van der Waals surface area contributed by atoms with Crippen LogP contribution < -0.4 is 9.47 Å². The Labute approximate surface area is 130 Å². The Morgan fingerprint density at radius 2 is 2.00 bits per heavy atom. The van der Waals surface area contributed by atoms with Crippen molar-refractivity contribution in [3.05, 3.63) is 57.8 Å². The number of benzene rings is 2. The third-order valence-electron chi connectivity index (χ3n) is 3.37. The quantitative estimate of drug-likeness (QED) is 0.916. The molecule has 0 spiro atoms. The summed E-state index contributed by atoms with van der Waals surface area (Å²) in [4.78, 5) is 0. The van der Waals surface area contributed by atoms with Gasteiger partial charge in [0.05, 0.1) is 10.6 Å². The summed E-state index contributed by atoms with van der Waals surface area (Å²) in [5, 5.41) is 10.4. The van der Waals surface area contributed by atoms with E-state index in [9.17, 15) is 9.50 Å². The fourth-order valence-corrected chi connectivity index (χ4v) is 2.78. The second-order valence-electron chi connectivity index (χ2n) is 4.84. The second-order valence-corrected chi connectivity index (χ2v) is 5.69. The molecule has 3 rings (SSSR count). The van der Waals surface area contributed by atoms with Gasteiger partial charge < -0.3 is 14.6 Å². The Balaban J connectivity index is 1.85. The highest BCUT2D eigenvalue weighted by Gasteiger charge is 2.21. The lowest BCUT2D eigenvalue weighted by Gasteiger charge is -2.23. The fraction of sp³-hybridized carbons (Fsp3) is 0.250. The lowest BCUT2D eigenvalue weighted by Crippen LogP contribution is -2.17. The van der Waals surface area contributed by atoms with E-state index in [1.54, 1.807) is 12.1 Å². The highest BCUT2D eigenvalue weighted by Crippen LogP contribution is 2.38. The number of halogens is 2. The molecule has 1 atom stereocenters. The van der Waals surface area contributed by atoms with E-state index < -0.39 is 6.10 Å². The molecule has 0 bridgehead atoms. The van der Waals surface area contributed by atoms with Crippen LogP contribution in [0.5, 0.6) is 11.5 Å². The fourth-order valence-electron chi connectivity index (χ4n) is 2.36. The Hall–Kier alpha value is -1.59. The van der Waals surface area contributed by atoms with Crippen LogP contribution in [0.1, 0.15) is 17.2 Å². The molecule has 110 valence electrons. The van der Waals surface area contributed by atoms with Crippen LogP contribution in [0.3, 0.4) is 0 Å². The Kier molecular flexibility index (Phi) is 4.12. The van der Waals surface area contributed by atoms with Crippen molar-refractivity contribution in [3.63, 3.8) is 0 Å². The minimum atomic E-state index is -0.737. The molecular formula is C16H14BrFO3. The maximum atomic E-state index is 13.2. The molecule has 1 unspecified atom stereocenters. The molecule has 1 N–H and O–H groups in total. The lowest BCUT2D eigenvalue weighted by atomic mass is 10.00. The molecule has 0 amide bonds. The van der Waals surface area contributed by atoms with Crippen LogP contribution in [-0.2, 0) is 6.42 Å². The van der Waals surface area contributed by atoms with E-state index in [1.165, 1.54) is 6.07 Å². The molecule has 0 saturated heterocycles. The molecule has 1 aliphatic heterocycles. The van der Waals surface area contributed by atoms with Crippen LogP contribution in [0.2, 0.25) is 0 Å². The summed E-state index contributed by atoms with van der Waals surface area (Å²) >= 11 is 3.15. The van der Waals surface area contributed by atoms with Gasteiger partial charge in [-0.1, -0.05) is 18.2 Å². The lowest BCUT2D eigenvalue weighted by molar-refractivity contribution is 0.146. The van der Waals surface area contributed by atoms with E-state index >= 15 is 0 Å². The van der Waals surface area contributed by atoms with Crippen LogP contribution in [0.15, 0.2) is 40.9 Å². The van der Waals surface area contributed by atoms with Crippen LogP contribution in [0, 0.1) is 5.82 Å². The molecule has 0 saturated carbocycles. The number of rotatable bonds is 3. The SMILES string of the molecule is OC(Cc1ccc(F)c(Br)c1)c1cccc2c1OCCO2. The molecule has 0 fully saturated rings.